The number of sulfonamides is 1. The molecule has 0 unspecified atom stereocenters. The van der Waals surface area contributed by atoms with Gasteiger partial charge in [-0.25, -0.2) is 17.9 Å². The number of carbonyl (C=O) groups is 4. The Balaban J connectivity index is 1.36. The van der Waals surface area contributed by atoms with E-state index in [1.807, 2.05) is 33.7 Å². The second kappa shape index (κ2) is 15.1. The molecule has 0 bridgehead atoms. The molecule has 2 aliphatic carbocycles. The van der Waals surface area contributed by atoms with Gasteiger partial charge in [0.05, 0.1) is 23.1 Å². The molecule has 0 aromatic carbocycles. The van der Waals surface area contributed by atoms with Crippen LogP contribution in [0.2, 0.25) is 0 Å². The zero-order chi connectivity index (χ0) is 39.2. The molecule has 17 heteroatoms. The summed E-state index contributed by atoms with van der Waals surface area (Å²) in [7, 11) is -4.04. The van der Waals surface area contributed by atoms with Gasteiger partial charge in [-0.1, -0.05) is 26.8 Å². The summed E-state index contributed by atoms with van der Waals surface area (Å²) in [6.07, 6.45) is 4.54. The lowest BCUT2D eigenvalue weighted by Crippen LogP contribution is -2.60. The summed E-state index contributed by atoms with van der Waals surface area (Å²) < 4.78 is 34.3. The second-order valence-electron chi connectivity index (χ2n) is 15.5. The first-order valence-corrected chi connectivity index (χ1v) is 21.3. The topological polar surface area (TPSA) is 186 Å². The predicted molar refractivity (Wildman–Crippen MR) is 206 cm³/mol. The lowest BCUT2D eigenvalue weighted by Gasteiger charge is -2.36. The maximum absolute atomic E-state index is 14.6. The number of nitrogens with one attached hydrogen (secondary N) is 3. The molecule has 1 aliphatic heterocycles. The van der Waals surface area contributed by atoms with Crippen molar-refractivity contribution in [3.05, 3.63) is 62.9 Å². The molecular formula is C37H46N6O8S3. The molecule has 3 N–H and O–H groups in total. The molecule has 290 valence electrons. The summed E-state index contributed by atoms with van der Waals surface area (Å²) in [5.74, 6) is -2.79. The molecule has 3 fully saturated rings. The number of hydrogen-bond donors (Lipinski definition) is 3. The molecule has 3 aliphatic rings. The highest BCUT2D eigenvalue weighted by Crippen LogP contribution is 2.45. The summed E-state index contributed by atoms with van der Waals surface area (Å²) in [6, 6.07) is 0.597. The Morgan fingerprint density at radius 1 is 1.09 bits per heavy atom. The third-order valence-corrected chi connectivity index (χ3v) is 13.5. The van der Waals surface area contributed by atoms with Crippen molar-refractivity contribution in [1.29, 1.82) is 0 Å². The van der Waals surface area contributed by atoms with Gasteiger partial charge in [-0.3, -0.25) is 23.9 Å². The molecule has 6 rings (SSSR count). The molecule has 1 saturated heterocycles. The predicted octanol–water partition coefficient (Wildman–Crippen LogP) is 4.45. The van der Waals surface area contributed by atoms with E-state index in [4.69, 9.17) is 4.74 Å². The van der Waals surface area contributed by atoms with Crippen LogP contribution in [0.4, 0.5) is 4.79 Å². The number of hydrogen-bond acceptors (Lipinski definition) is 11. The molecule has 4 amide bonds. The van der Waals surface area contributed by atoms with Gasteiger partial charge in [0.1, 0.15) is 23.7 Å². The zero-order valence-corrected chi connectivity index (χ0v) is 33.3. The summed E-state index contributed by atoms with van der Waals surface area (Å²) in [5.41, 5.74) is -0.258. The van der Waals surface area contributed by atoms with Gasteiger partial charge in [0.15, 0.2) is 0 Å². The zero-order valence-electron chi connectivity index (χ0n) is 30.9. The van der Waals surface area contributed by atoms with Gasteiger partial charge in [0.25, 0.3) is 11.5 Å². The molecule has 4 heterocycles. The number of amides is 4. The normalized spacial score (nSPS) is 23.3. The largest absolute Gasteiger partial charge is 0.446 e. The van der Waals surface area contributed by atoms with Crippen LogP contribution < -0.4 is 20.9 Å². The number of nitrogens with zero attached hydrogens (tertiary/aromatic N) is 3. The van der Waals surface area contributed by atoms with E-state index in [1.54, 1.807) is 27.0 Å². The van der Waals surface area contributed by atoms with Crippen LogP contribution in [-0.2, 0) is 29.1 Å². The molecule has 54 heavy (non-hydrogen) atoms. The minimum atomic E-state index is -4.04. The monoisotopic (exact) mass is 798 g/mol. The minimum absolute atomic E-state index is 0.0600. The van der Waals surface area contributed by atoms with Crippen molar-refractivity contribution >= 4 is 56.5 Å². The van der Waals surface area contributed by atoms with Gasteiger partial charge in [0, 0.05) is 24.4 Å². The standard InChI is InChI=1S/C37H46N6O8S3/c1-7-24-16-37(24,34(47)41-54(49,50)21(2)3)40-31(44)28-15-25(18-42(28)33(46)30(36(4,5)6)39-35(48)51-26-9-8-10-26)43-32(45)29(23-12-14-53-20-23)27(17-38-43)22-11-13-52-19-22/h7,11-14,17,19-21,24-26,28,30H,1,8-10,15-16,18H2,2-6H3,(H,39,48)(H,40,44)(H,41,47)/t24-,25-,28+,30-,37-/m1/s1. The van der Waals surface area contributed by atoms with Gasteiger partial charge in [-0.2, -0.15) is 27.8 Å². The second-order valence-corrected chi connectivity index (χ2v) is 19.3. The van der Waals surface area contributed by atoms with Crippen LogP contribution in [0.15, 0.2) is 57.3 Å². The number of ether oxygens (including phenoxy) is 1. The van der Waals surface area contributed by atoms with Crippen molar-refractivity contribution in [1.82, 2.24) is 30.0 Å². The van der Waals surface area contributed by atoms with Crippen molar-refractivity contribution in [3.8, 4) is 22.3 Å². The Hall–Kier alpha value is -4.35. The van der Waals surface area contributed by atoms with E-state index in [9.17, 15) is 32.4 Å². The first-order chi connectivity index (χ1) is 25.5. The van der Waals surface area contributed by atoms with Crippen molar-refractivity contribution in [2.24, 2.45) is 11.3 Å². The summed E-state index contributed by atoms with van der Waals surface area (Å²) in [4.78, 5) is 71.3. The Morgan fingerprint density at radius 2 is 1.76 bits per heavy atom. The first kappa shape index (κ1) is 39.3. The quantitative estimate of drug-likeness (QED) is 0.223. The highest BCUT2D eigenvalue weighted by Gasteiger charge is 2.61. The van der Waals surface area contributed by atoms with Crippen LogP contribution in [0.1, 0.15) is 72.8 Å². The van der Waals surface area contributed by atoms with E-state index in [2.05, 4.69) is 27.0 Å². The number of carbonyl (C=O) groups excluding carboxylic acids is 4. The Bertz CT molecular complexity index is 2090. The fraction of sp³-hybridized carbons (Fsp3) is 0.514. The summed E-state index contributed by atoms with van der Waals surface area (Å²) in [6.45, 7) is 11.8. The van der Waals surface area contributed by atoms with E-state index in [0.29, 0.717) is 16.7 Å². The lowest BCUT2D eigenvalue weighted by atomic mass is 9.85. The molecule has 2 saturated carbocycles. The lowest BCUT2D eigenvalue weighted by molar-refractivity contribution is -0.142. The Kier molecular flexibility index (Phi) is 11.0. The molecule has 5 atom stereocenters. The van der Waals surface area contributed by atoms with Crippen LogP contribution in [-0.4, -0.2) is 82.4 Å². The highest BCUT2D eigenvalue weighted by molar-refractivity contribution is 7.90. The average molecular weight is 799 g/mol. The molecule has 0 radical (unpaired) electrons. The minimum Gasteiger partial charge on any atom is -0.446 e. The smallest absolute Gasteiger partial charge is 0.408 e. The Morgan fingerprint density at radius 3 is 2.30 bits per heavy atom. The van der Waals surface area contributed by atoms with Crippen LogP contribution in [0.25, 0.3) is 22.3 Å². The molecule has 14 nitrogen and oxygen atoms in total. The van der Waals surface area contributed by atoms with Gasteiger partial charge in [0.2, 0.25) is 21.8 Å². The van der Waals surface area contributed by atoms with Crippen molar-refractivity contribution in [2.75, 3.05) is 6.54 Å². The molecule has 0 spiro atoms. The molecule has 3 aromatic rings. The van der Waals surface area contributed by atoms with E-state index >= 15 is 0 Å². The SMILES string of the molecule is C=C[C@@H]1C[C@]1(NC(=O)[C@@H]1C[C@@H](n2ncc(-c3ccsc3)c(-c3ccsc3)c2=O)CN1C(=O)[C@@H](NC(=O)OC1CCC1)C(C)(C)C)C(=O)NS(=O)(=O)C(C)C. The number of rotatable bonds is 12. The summed E-state index contributed by atoms with van der Waals surface area (Å²) >= 11 is 2.93. The maximum atomic E-state index is 14.6. The Labute approximate surface area is 322 Å². The third-order valence-electron chi connectivity index (χ3n) is 10.5. The van der Waals surface area contributed by atoms with Crippen LogP contribution in [0.5, 0.6) is 0 Å². The average Bonchev–Trinajstić information content (AvgIpc) is 3.60. The van der Waals surface area contributed by atoms with Crippen LogP contribution in [0.3, 0.4) is 0 Å². The maximum Gasteiger partial charge on any atom is 0.408 e. The van der Waals surface area contributed by atoms with Gasteiger partial charge < -0.3 is 20.3 Å². The van der Waals surface area contributed by atoms with Crippen molar-refractivity contribution < 1.29 is 32.3 Å². The fourth-order valence-electron chi connectivity index (χ4n) is 6.81. The number of alkyl carbamates (subject to hydrolysis) is 1. The molecular weight excluding hydrogens is 753 g/mol. The fourth-order valence-corrected chi connectivity index (χ4v) is 8.79. The molecule has 3 aromatic heterocycles. The number of likely N-dealkylation sites (tertiary alicyclic amines) is 1. The van der Waals surface area contributed by atoms with E-state index in [1.165, 1.54) is 52.2 Å². The van der Waals surface area contributed by atoms with Crippen molar-refractivity contribution in [2.45, 2.75) is 102 Å². The van der Waals surface area contributed by atoms with Crippen LogP contribution >= 0.6 is 22.7 Å². The number of aromatic nitrogens is 2. The van der Waals surface area contributed by atoms with Gasteiger partial charge in [-0.05, 0) is 89.7 Å². The van der Waals surface area contributed by atoms with E-state index < -0.39 is 79.6 Å². The summed E-state index contributed by atoms with van der Waals surface area (Å²) in [5, 5.41) is 16.7. The van der Waals surface area contributed by atoms with E-state index in [0.717, 1.165) is 24.8 Å². The highest BCUT2D eigenvalue weighted by atomic mass is 32.2. The van der Waals surface area contributed by atoms with Crippen molar-refractivity contribution in [3.63, 3.8) is 0 Å². The number of thiophene rings is 2. The van der Waals surface area contributed by atoms with Crippen LogP contribution in [0, 0.1) is 11.3 Å². The first-order valence-electron chi connectivity index (χ1n) is 17.9. The third kappa shape index (κ3) is 7.75. The van der Waals surface area contributed by atoms with Gasteiger partial charge in [-0.15, -0.1) is 6.58 Å². The van der Waals surface area contributed by atoms with E-state index in [-0.39, 0.29) is 25.5 Å². The van der Waals surface area contributed by atoms with Gasteiger partial charge >= 0.3 is 6.09 Å².